The number of para-hydroxylation sites is 1. The van der Waals surface area contributed by atoms with E-state index in [9.17, 15) is 4.79 Å². The molecule has 0 unspecified atom stereocenters. The second-order valence-electron chi connectivity index (χ2n) is 4.67. The van der Waals surface area contributed by atoms with Crippen molar-refractivity contribution < 1.29 is 4.79 Å². The molecule has 2 rings (SSSR count). The van der Waals surface area contributed by atoms with Crippen LogP contribution < -0.4 is 5.32 Å². The van der Waals surface area contributed by atoms with E-state index in [0.717, 1.165) is 24.5 Å². The summed E-state index contributed by atoms with van der Waals surface area (Å²) in [5, 5.41) is 3.29. The fourth-order valence-electron chi connectivity index (χ4n) is 1.97. The Bertz CT molecular complexity index is 551. The molecule has 106 valence electrons. The summed E-state index contributed by atoms with van der Waals surface area (Å²) in [4.78, 5) is 21.3. The lowest BCUT2D eigenvalue weighted by atomic mass is 10.1. The molecular formula is C15H20N4O. The predicted octanol–water partition coefficient (Wildman–Crippen LogP) is 2.50. The van der Waals surface area contributed by atoms with Crippen molar-refractivity contribution in [3.63, 3.8) is 0 Å². The molecule has 0 saturated heterocycles. The van der Waals surface area contributed by atoms with Crippen LogP contribution in [-0.4, -0.2) is 34.4 Å². The molecule has 0 saturated carbocycles. The van der Waals surface area contributed by atoms with Crippen molar-refractivity contribution in [1.82, 2.24) is 14.9 Å². The minimum absolute atomic E-state index is 0.0133. The van der Waals surface area contributed by atoms with Gasteiger partial charge in [0.15, 0.2) is 0 Å². The van der Waals surface area contributed by atoms with Crippen LogP contribution in [0.2, 0.25) is 0 Å². The van der Waals surface area contributed by atoms with E-state index in [2.05, 4.69) is 22.2 Å². The predicted molar refractivity (Wildman–Crippen MR) is 79.6 cm³/mol. The zero-order valence-corrected chi connectivity index (χ0v) is 11.9. The van der Waals surface area contributed by atoms with Gasteiger partial charge in [-0.2, -0.15) is 0 Å². The minimum atomic E-state index is -0.0133. The third-order valence-corrected chi connectivity index (χ3v) is 3.01. The quantitative estimate of drug-likeness (QED) is 0.849. The summed E-state index contributed by atoms with van der Waals surface area (Å²) in [6.45, 7) is 3.42. The molecule has 0 fully saturated rings. The van der Waals surface area contributed by atoms with E-state index in [0.29, 0.717) is 12.1 Å². The number of hydrogen-bond donors (Lipinski definition) is 2. The molecule has 5 heteroatoms. The largest absolute Gasteiger partial charge is 0.384 e. The number of benzene rings is 1. The Labute approximate surface area is 119 Å². The normalized spacial score (nSPS) is 10.3. The highest BCUT2D eigenvalue weighted by atomic mass is 16.2. The molecule has 0 aliphatic rings. The maximum atomic E-state index is 12.5. The van der Waals surface area contributed by atoms with Gasteiger partial charge in [-0.05, 0) is 18.6 Å². The standard InChI is InChI=1S/C15H20N4O/c1-3-8-16-13-7-5-4-6-12(13)15(20)19(2)11-14-17-9-10-18-14/h4-7,9-10,16H,3,8,11H2,1-2H3,(H,17,18). The summed E-state index contributed by atoms with van der Waals surface area (Å²) in [7, 11) is 1.78. The summed E-state index contributed by atoms with van der Waals surface area (Å²) in [6, 6.07) is 7.59. The fraction of sp³-hybridized carbons (Fsp3) is 0.333. The minimum Gasteiger partial charge on any atom is -0.384 e. The molecule has 20 heavy (non-hydrogen) atoms. The Morgan fingerprint density at radius 3 is 2.90 bits per heavy atom. The van der Waals surface area contributed by atoms with E-state index in [1.807, 2.05) is 24.3 Å². The third kappa shape index (κ3) is 3.38. The van der Waals surface area contributed by atoms with Crippen LogP contribution in [0.25, 0.3) is 0 Å². The molecule has 0 atom stereocenters. The van der Waals surface area contributed by atoms with Crippen LogP contribution in [0, 0.1) is 0 Å². The highest BCUT2D eigenvalue weighted by Gasteiger charge is 2.16. The van der Waals surface area contributed by atoms with Crippen molar-refractivity contribution in [3.05, 3.63) is 48.0 Å². The van der Waals surface area contributed by atoms with Crippen LogP contribution in [0.5, 0.6) is 0 Å². The van der Waals surface area contributed by atoms with Crippen molar-refractivity contribution in [3.8, 4) is 0 Å². The van der Waals surface area contributed by atoms with E-state index in [1.165, 1.54) is 0 Å². The van der Waals surface area contributed by atoms with Gasteiger partial charge < -0.3 is 15.2 Å². The summed E-state index contributed by atoms with van der Waals surface area (Å²) in [5.74, 6) is 0.764. The number of imidazole rings is 1. The van der Waals surface area contributed by atoms with Gasteiger partial charge in [-0.15, -0.1) is 0 Å². The zero-order valence-electron chi connectivity index (χ0n) is 11.9. The lowest BCUT2D eigenvalue weighted by Crippen LogP contribution is -2.27. The van der Waals surface area contributed by atoms with E-state index < -0.39 is 0 Å². The SMILES string of the molecule is CCCNc1ccccc1C(=O)N(C)Cc1ncc[nH]1. The van der Waals surface area contributed by atoms with Crippen LogP contribution in [0.15, 0.2) is 36.7 Å². The van der Waals surface area contributed by atoms with Gasteiger partial charge >= 0.3 is 0 Å². The lowest BCUT2D eigenvalue weighted by molar-refractivity contribution is 0.0783. The molecule has 1 aromatic carbocycles. The summed E-state index contributed by atoms with van der Waals surface area (Å²) >= 11 is 0. The van der Waals surface area contributed by atoms with Crippen LogP contribution in [0.1, 0.15) is 29.5 Å². The number of rotatable bonds is 6. The molecule has 1 amide bonds. The monoisotopic (exact) mass is 272 g/mol. The Balaban J connectivity index is 2.11. The number of hydrogen-bond acceptors (Lipinski definition) is 3. The molecule has 2 aromatic rings. The smallest absolute Gasteiger partial charge is 0.256 e. The van der Waals surface area contributed by atoms with Gasteiger partial charge in [-0.1, -0.05) is 19.1 Å². The molecule has 2 N–H and O–H groups in total. The second-order valence-corrected chi connectivity index (χ2v) is 4.67. The summed E-state index contributed by atoms with van der Waals surface area (Å²) in [6.07, 6.45) is 4.46. The molecule has 1 heterocycles. The summed E-state index contributed by atoms with van der Waals surface area (Å²) < 4.78 is 0. The molecule has 0 spiro atoms. The number of amides is 1. The average Bonchev–Trinajstić information content (AvgIpc) is 2.97. The number of aromatic nitrogens is 2. The number of aromatic amines is 1. The van der Waals surface area contributed by atoms with E-state index in [4.69, 9.17) is 0 Å². The highest BCUT2D eigenvalue weighted by Crippen LogP contribution is 2.17. The van der Waals surface area contributed by atoms with Gasteiger partial charge in [0.1, 0.15) is 5.82 Å². The van der Waals surface area contributed by atoms with Gasteiger partial charge in [0.2, 0.25) is 0 Å². The topological polar surface area (TPSA) is 61.0 Å². The van der Waals surface area contributed by atoms with Crippen molar-refractivity contribution in [2.24, 2.45) is 0 Å². The number of anilines is 1. The van der Waals surface area contributed by atoms with Crippen LogP contribution >= 0.6 is 0 Å². The Morgan fingerprint density at radius 1 is 1.40 bits per heavy atom. The molecule has 1 aromatic heterocycles. The van der Waals surface area contributed by atoms with E-state index in [1.54, 1.807) is 24.3 Å². The number of nitrogens with one attached hydrogen (secondary N) is 2. The van der Waals surface area contributed by atoms with Crippen LogP contribution in [0.4, 0.5) is 5.69 Å². The van der Waals surface area contributed by atoms with Gasteiger partial charge in [0.25, 0.3) is 5.91 Å². The van der Waals surface area contributed by atoms with E-state index >= 15 is 0 Å². The lowest BCUT2D eigenvalue weighted by Gasteiger charge is -2.18. The van der Waals surface area contributed by atoms with Gasteiger partial charge in [0.05, 0.1) is 12.1 Å². The first-order valence-corrected chi connectivity index (χ1v) is 6.79. The first-order valence-electron chi connectivity index (χ1n) is 6.79. The first kappa shape index (κ1) is 14.1. The molecular weight excluding hydrogens is 252 g/mol. The van der Waals surface area contributed by atoms with Crippen molar-refractivity contribution in [2.45, 2.75) is 19.9 Å². The third-order valence-electron chi connectivity index (χ3n) is 3.01. The van der Waals surface area contributed by atoms with E-state index in [-0.39, 0.29) is 5.91 Å². The Morgan fingerprint density at radius 2 is 2.20 bits per heavy atom. The zero-order chi connectivity index (χ0) is 14.4. The summed E-state index contributed by atoms with van der Waals surface area (Å²) in [5.41, 5.74) is 1.57. The Hall–Kier alpha value is -2.30. The number of nitrogens with zero attached hydrogens (tertiary/aromatic N) is 2. The number of H-pyrrole nitrogens is 1. The van der Waals surface area contributed by atoms with Crippen molar-refractivity contribution in [1.29, 1.82) is 0 Å². The van der Waals surface area contributed by atoms with Crippen molar-refractivity contribution in [2.75, 3.05) is 18.9 Å². The van der Waals surface area contributed by atoms with Gasteiger partial charge in [0, 0.05) is 31.7 Å². The molecule has 0 aliphatic carbocycles. The van der Waals surface area contributed by atoms with Gasteiger partial charge in [-0.3, -0.25) is 4.79 Å². The average molecular weight is 272 g/mol. The molecule has 0 radical (unpaired) electrons. The Kier molecular flexibility index (Phi) is 4.76. The first-order chi connectivity index (χ1) is 9.72. The number of carbonyl (C=O) groups is 1. The molecule has 0 aliphatic heterocycles. The second kappa shape index (κ2) is 6.75. The highest BCUT2D eigenvalue weighted by molar-refractivity contribution is 5.99. The maximum Gasteiger partial charge on any atom is 0.256 e. The molecule has 0 bridgehead atoms. The van der Waals surface area contributed by atoms with Crippen molar-refractivity contribution >= 4 is 11.6 Å². The van der Waals surface area contributed by atoms with Gasteiger partial charge in [-0.25, -0.2) is 4.98 Å². The maximum absolute atomic E-state index is 12.5. The number of carbonyl (C=O) groups excluding carboxylic acids is 1. The van der Waals surface area contributed by atoms with Crippen LogP contribution in [-0.2, 0) is 6.54 Å². The van der Waals surface area contributed by atoms with Crippen LogP contribution in [0.3, 0.4) is 0 Å². The molecule has 5 nitrogen and oxygen atoms in total. The fourth-order valence-corrected chi connectivity index (χ4v) is 1.97.